The third kappa shape index (κ3) is 0.990. The first-order chi connectivity index (χ1) is 4.80. The smallest absolute Gasteiger partial charge is 0.00335 e. The SMILES string of the molecule is CC(C)C1C2CCSCC21. The molecule has 0 aromatic heterocycles. The van der Waals surface area contributed by atoms with Gasteiger partial charge in [-0.3, -0.25) is 0 Å². The Labute approximate surface area is 67.8 Å². The molecule has 1 heterocycles. The maximum absolute atomic E-state index is 2.38. The number of hydrogen-bond acceptors (Lipinski definition) is 1. The van der Waals surface area contributed by atoms with Gasteiger partial charge in [-0.2, -0.15) is 11.8 Å². The largest absolute Gasteiger partial charge is 0.162 e. The summed E-state index contributed by atoms with van der Waals surface area (Å²) in [5.41, 5.74) is 0. The first-order valence-corrected chi connectivity index (χ1v) is 5.54. The Balaban J connectivity index is 1.93. The molecule has 3 unspecified atom stereocenters. The van der Waals surface area contributed by atoms with Gasteiger partial charge in [-0.15, -0.1) is 0 Å². The van der Waals surface area contributed by atoms with Gasteiger partial charge in [0.25, 0.3) is 0 Å². The molecule has 0 spiro atoms. The molecule has 0 N–H and O–H groups in total. The average molecular weight is 156 g/mol. The van der Waals surface area contributed by atoms with E-state index in [1.807, 2.05) is 0 Å². The quantitative estimate of drug-likeness (QED) is 0.562. The second kappa shape index (κ2) is 2.44. The molecule has 2 aliphatic rings. The molecule has 3 atom stereocenters. The summed E-state index contributed by atoms with van der Waals surface area (Å²) in [7, 11) is 0. The average Bonchev–Trinajstić information content (AvgIpc) is 2.60. The molecule has 1 saturated carbocycles. The molecule has 1 aliphatic heterocycles. The Morgan fingerprint density at radius 3 is 2.60 bits per heavy atom. The Morgan fingerprint density at radius 1 is 1.30 bits per heavy atom. The summed E-state index contributed by atoms with van der Waals surface area (Å²) in [6, 6.07) is 0. The molecule has 58 valence electrons. The second-order valence-corrected chi connectivity index (χ2v) is 5.16. The van der Waals surface area contributed by atoms with E-state index in [4.69, 9.17) is 0 Å². The van der Waals surface area contributed by atoms with E-state index in [1.165, 1.54) is 17.9 Å². The summed E-state index contributed by atoms with van der Waals surface area (Å²) in [4.78, 5) is 0. The summed E-state index contributed by atoms with van der Waals surface area (Å²) in [5, 5.41) is 0. The lowest BCUT2D eigenvalue weighted by atomic mass is 10.1. The normalized spacial score (nSPS) is 45.3. The standard InChI is InChI=1S/C9H16S/c1-6(2)9-7-3-4-10-5-8(7)9/h6-9H,3-5H2,1-2H3. The molecule has 1 heteroatoms. The Bertz CT molecular complexity index is 119. The van der Waals surface area contributed by atoms with Crippen molar-refractivity contribution in [2.45, 2.75) is 20.3 Å². The van der Waals surface area contributed by atoms with Crippen LogP contribution in [0.3, 0.4) is 0 Å². The Kier molecular flexibility index (Phi) is 1.71. The van der Waals surface area contributed by atoms with Crippen molar-refractivity contribution < 1.29 is 0 Å². The fourth-order valence-electron chi connectivity index (χ4n) is 2.54. The summed E-state index contributed by atoms with van der Waals surface area (Å²) in [6.07, 6.45) is 1.51. The molecule has 2 rings (SSSR count). The predicted molar refractivity (Wildman–Crippen MR) is 47.3 cm³/mol. The van der Waals surface area contributed by atoms with Gasteiger partial charge in [0.05, 0.1) is 0 Å². The third-order valence-electron chi connectivity index (χ3n) is 3.07. The van der Waals surface area contributed by atoms with Gasteiger partial charge in [-0.25, -0.2) is 0 Å². The fourth-order valence-corrected chi connectivity index (χ4v) is 3.89. The minimum atomic E-state index is 0.952. The second-order valence-electron chi connectivity index (χ2n) is 4.01. The van der Waals surface area contributed by atoms with Gasteiger partial charge in [-0.1, -0.05) is 13.8 Å². The van der Waals surface area contributed by atoms with Crippen LogP contribution in [0.25, 0.3) is 0 Å². The molecular weight excluding hydrogens is 140 g/mol. The van der Waals surface area contributed by atoms with Gasteiger partial charge >= 0.3 is 0 Å². The molecule has 10 heavy (non-hydrogen) atoms. The number of fused-ring (bicyclic) bond motifs is 1. The van der Waals surface area contributed by atoms with E-state index in [0.717, 1.165) is 23.7 Å². The van der Waals surface area contributed by atoms with Crippen molar-refractivity contribution in [2.24, 2.45) is 23.7 Å². The highest BCUT2D eigenvalue weighted by atomic mass is 32.2. The summed E-state index contributed by atoms with van der Waals surface area (Å²) in [6.45, 7) is 4.77. The Morgan fingerprint density at radius 2 is 2.10 bits per heavy atom. The van der Waals surface area contributed by atoms with Crippen molar-refractivity contribution in [2.75, 3.05) is 11.5 Å². The molecule has 0 radical (unpaired) electrons. The van der Waals surface area contributed by atoms with Crippen LogP contribution in [0.15, 0.2) is 0 Å². The van der Waals surface area contributed by atoms with Crippen LogP contribution in [0.1, 0.15) is 20.3 Å². The van der Waals surface area contributed by atoms with E-state index >= 15 is 0 Å². The molecule has 2 fully saturated rings. The van der Waals surface area contributed by atoms with Gasteiger partial charge in [0.15, 0.2) is 0 Å². The van der Waals surface area contributed by atoms with Crippen molar-refractivity contribution in [3.63, 3.8) is 0 Å². The van der Waals surface area contributed by atoms with Crippen LogP contribution in [0.5, 0.6) is 0 Å². The maximum Gasteiger partial charge on any atom is -0.00335 e. The van der Waals surface area contributed by atoms with Crippen molar-refractivity contribution in [1.82, 2.24) is 0 Å². The molecule has 0 nitrogen and oxygen atoms in total. The van der Waals surface area contributed by atoms with E-state index in [9.17, 15) is 0 Å². The van der Waals surface area contributed by atoms with Crippen LogP contribution in [0, 0.1) is 23.7 Å². The highest BCUT2D eigenvalue weighted by Gasteiger charge is 2.51. The zero-order valence-corrected chi connectivity index (χ0v) is 7.66. The minimum Gasteiger partial charge on any atom is -0.162 e. The number of hydrogen-bond donors (Lipinski definition) is 0. The zero-order chi connectivity index (χ0) is 7.14. The molecule has 0 aromatic carbocycles. The highest BCUT2D eigenvalue weighted by Crippen LogP contribution is 2.57. The monoisotopic (exact) mass is 156 g/mol. The highest BCUT2D eigenvalue weighted by molar-refractivity contribution is 7.99. The van der Waals surface area contributed by atoms with Crippen LogP contribution in [0.2, 0.25) is 0 Å². The van der Waals surface area contributed by atoms with Crippen molar-refractivity contribution >= 4 is 11.8 Å². The lowest BCUT2D eigenvalue weighted by Gasteiger charge is -2.05. The van der Waals surface area contributed by atoms with Gasteiger partial charge < -0.3 is 0 Å². The fraction of sp³-hybridized carbons (Fsp3) is 1.00. The third-order valence-corrected chi connectivity index (χ3v) is 4.22. The van der Waals surface area contributed by atoms with Gasteiger partial charge in [0.1, 0.15) is 0 Å². The number of thioether (sulfide) groups is 1. The molecule has 0 aromatic rings. The van der Waals surface area contributed by atoms with E-state index < -0.39 is 0 Å². The first-order valence-electron chi connectivity index (χ1n) is 4.38. The van der Waals surface area contributed by atoms with Crippen molar-refractivity contribution in [1.29, 1.82) is 0 Å². The summed E-state index contributed by atoms with van der Waals surface area (Å²) in [5.74, 6) is 7.22. The molecule has 0 amide bonds. The first kappa shape index (κ1) is 7.02. The Hall–Kier alpha value is 0.350. The van der Waals surface area contributed by atoms with Crippen molar-refractivity contribution in [3.8, 4) is 0 Å². The molecular formula is C9H16S. The summed E-state index contributed by atoms with van der Waals surface area (Å²) >= 11 is 2.17. The van der Waals surface area contributed by atoms with E-state index in [1.54, 1.807) is 0 Å². The lowest BCUT2D eigenvalue weighted by Crippen LogP contribution is -1.96. The number of rotatable bonds is 1. The van der Waals surface area contributed by atoms with Crippen LogP contribution < -0.4 is 0 Å². The van der Waals surface area contributed by atoms with Gasteiger partial charge in [0, 0.05) is 0 Å². The van der Waals surface area contributed by atoms with Crippen LogP contribution in [-0.2, 0) is 0 Å². The van der Waals surface area contributed by atoms with E-state index in [0.29, 0.717) is 0 Å². The van der Waals surface area contributed by atoms with Crippen LogP contribution in [0.4, 0.5) is 0 Å². The maximum atomic E-state index is 2.38. The summed E-state index contributed by atoms with van der Waals surface area (Å²) < 4.78 is 0. The molecule has 1 aliphatic carbocycles. The topological polar surface area (TPSA) is 0 Å². The van der Waals surface area contributed by atoms with E-state index in [2.05, 4.69) is 25.6 Å². The van der Waals surface area contributed by atoms with Gasteiger partial charge in [-0.05, 0) is 41.6 Å². The van der Waals surface area contributed by atoms with E-state index in [-0.39, 0.29) is 0 Å². The van der Waals surface area contributed by atoms with Crippen LogP contribution in [-0.4, -0.2) is 11.5 Å². The predicted octanol–water partition coefficient (Wildman–Crippen LogP) is 2.64. The molecule has 0 bridgehead atoms. The van der Waals surface area contributed by atoms with Crippen molar-refractivity contribution in [3.05, 3.63) is 0 Å². The molecule has 1 saturated heterocycles. The van der Waals surface area contributed by atoms with Gasteiger partial charge in [0.2, 0.25) is 0 Å². The zero-order valence-electron chi connectivity index (χ0n) is 6.84. The lowest BCUT2D eigenvalue weighted by molar-refractivity contribution is 0.506. The van der Waals surface area contributed by atoms with Crippen LogP contribution >= 0.6 is 11.8 Å². The minimum absolute atomic E-state index is 0.952.